The van der Waals surface area contributed by atoms with Crippen molar-refractivity contribution in [2.24, 2.45) is 4.99 Å². The molecule has 20 heavy (non-hydrogen) atoms. The summed E-state index contributed by atoms with van der Waals surface area (Å²) in [5.41, 5.74) is 5.52. The Morgan fingerprint density at radius 2 is 2.05 bits per heavy atom. The SMILES string of the molecule is CC/C(C=NC)=C/CC1=CC(c2ccccc2)=CCC1. The monoisotopic (exact) mass is 265 g/mol. The van der Waals surface area contributed by atoms with Gasteiger partial charge in [0.15, 0.2) is 0 Å². The summed E-state index contributed by atoms with van der Waals surface area (Å²) < 4.78 is 0. The Labute approximate surface area is 122 Å². The number of aliphatic imine (C=N–C) groups is 1. The van der Waals surface area contributed by atoms with Gasteiger partial charge in [-0.2, -0.15) is 0 Å². The van der Waals surface area contributed by atoms with Gasteiger partial charge in [0.25, 0.3) is 0 Å². The van der Waals surface area contributed by atoms with E-state index in [0.717, 1.165) is 19.3 Å². The van der Waals surface area contributed by atoms with Gasteiger partial charge in [-0.05, 0) is 42.4 Å². The molecule has 1 aromatic carbocycles. The highest BCUT2D eigenvalue weighted by atomic mass is 14.6. The maximum Gasteiger partial charge on any atom is 0.0277 e. The highest BCUT2D eigenvalue weighted by Crippen LogP contribution is 2.27. The van der Waals surface area contributed by atoms with Crippen molar-refractivity contribution in [3.8, 4) is 0 Å². The van der Waals surface area contributed by atoms with Gasteiger partial charge in [-0.15, -0.1) is 0 Å². The molecule has 0 saturated heterocycles. The van der Waals surface area contributed by atoms with Crippen molar-refractivity contribution < 1.29 is 0 Å². The molecule has 0 amide bonds. The zero-order chi connectivity index (χ0) is 14.2. The van der Waals surface area contributed by atoms with Crippen LogP contribution < -0.4 is 0 Å². The fourth-order valence-electron chi connectivity index (χ4n) is 2.47. The fraction of sp³-hybridized carbons (Fsp3) is 0.316. The minimum Gasteiger partial charge on any atom is -0.296 e. The lowest BCUT2D eigenvalue weighted by Gasteiger charge is -2.13. The van der Waals surface area contributed by atoms with E-state index >= 15 is 0 Å². The lowest BCUT2D eigenvalue weighted by Crippen LogP contribution is -1.93. The molecule has 104 valence electrons. The molecular weight excluding hydrogens is 242 g/mol. The maximum atomic E-state index is 4.11. The largest absolute Gasteiger partial charge is 0.296 e. The molecule has 0 spiro atoms. The summed E-state index contributed by atoms with van der Waals surface area (Å²) >= 11 is 0. The summed E-state index contributed by atoms with van der Waals surface area (Å²) in [6, 6.07) is 10.6. The quantitative estimate of drug-likeness (QED) is 0.647. The molecule has 1 aliphatic rings. The van der Waals surface area contributed by atoms with E-state index in [2.05, 4.69) is 60.5 Å². The van der Waals surface area contributed by atoms with Crippen LogP contribution in [0.25, 0.3) is 5.57 Å². The van der Waals surface area contributed by atoms with Crippen LogP contribution in [-0.2, 0) is 0 Å². The van der Waals surface area contributed by atoms with Crippen LogP contribution in [0.3, 0.4) is 0 Å². The lowest BCUT2D eigenvalue weighted by atomic mass is 9.92. The van der Waals surface area contributed by atoms with Crippen molar-refractivity contribution in [1.82, 2.24) is 0 Å². The van der Waals surface area contributed by atoms with Gasteiger partial charge in [0, 0.05) is 13.3 Å². The van der Waals surface area contributed by atoms with Gasteiger partial charge in [0.2, 0.25) is 0 Å². The van der Waals surface area contributed by atoms with Crippen LogP contribution in [0.2, 0.25) is 0 Å². The number of allylic oxidation sites excluding steroid dienone is 6. The van der Waals surface area contributed by atoms with E-state index in [1.54, 1.807) is 0 Å². The Balaban J connectivity index is 2.10. The average molecular weight is 265 g/mol. The van der Waals surface area contributed by atoms with Crippen LogP contribution in [-0.4, -0.2) is 13.3 Å². The molecule has 0 aromatic heterocycles. The maximum absolute atomic E-state index is 4.11. The second-order valence-corrected chi connectivity index (χ2v) is 5.09. The summed E-state index contributed by atoms with van der Waals surface area (Å²) in [7, 11) is 1.83. The Kier molecular flexibility index (Phi) is 5.55. The number of nitrogens with zero attached hydrogens (tertiary/aromatic N) is 1. The number of hydrogen-bond donors (Lipinski definition) is 0. The third kappa shape index (κ3) is 4.06. The summed E-state index contributed by atoms with van der Waals surface area (Å²) in [5.74, 6) is 0. The third-order valence-electron chi connectivity index (χ3n) is 3.63. The first-order valence-corrected chi connectivity index (χ1v) is 7.39. The Hall–Kier alpha value is -1.89. The second-order valence-electron chi connectivity index (χ2n) is 5.09. The molecular formula is C19H23N. The highest BCUT2D eigenvalue weighted by molar-refractivity contribution is 5.78. The zero-order valence-corrected chi connectivity index (χ0v) is 12.5. The molecule has 2 rings (SSSR count). The summed E-state index contributed by atoms with van der Waals surface area (Å²) in [5, 5.41) is 0. The Morgan fingerprint density at radius 3 is 2.75 bits per heavy atom. The number of benzene rings is 1. The molecule has 1 nitrogen and oxygen atoms in total. The minimum atomic E-state index is 1.04. The number of rotatable bonds is 5. The smallest absolute Gasteiger partial charge is 0.0277 e. The summed E-state index contributed by atoms with van der Waals surface area (Å²) in [6.07, 6.45) is 13.4. The van der Waals surface area contributed by atoms with Crippen molar-refractivity contribution in [3.63, 3.8) is 0 Å². The fourth-order valence-corrected chi connectivity index (χ4v) is 2.47. The number of hydrogen-bond acceptors (Lipinski definition) is 1. The van der Waals surface area contributed by atoms with Crippen LogP contribution in [0.5, 0.6) is 0 Å². The van der Waals surface area contributed by atoms with Crippen LogP contribution in [0, 0.1) is 0 Å². The first-order valence-electron chi connectivity index (χ1n) is 7.39. The molecule has 0 N–H and O–H groups in total. The minimum absolute atomic E-state index is 1.04. The predicted octanol–water partition coefficient (Wildman–Crippen LogP) is 5.22. The van der Waals surface area contributed by atoms with Gasteiger partial charge in [-0.3, -0.25) is 4.99 Å². The molecule has 0 atom stereocenters. The van der Waals surface area contributed by atoms with Gasteiger partial charge >= 0.3 is 0 Å². The third-order valence-corrected chi connectivity index (χ3v) is 3.63. The van der Waals surface area contributed by atoms with Gasteiger partial charge < -0.3 is 0 Å². The Bertz CT molecular complexity index is 544. The van der Waals surface area contributed by atoms with E-state index in [0.29, 0.717) is 0 Å². The van der Waals surface area contributed by atoms with Crippen LogP contribution in [0.1, 0.15) is 38.2 Å². The zero-order valence-electron chi connectivity index (χ0n) is 12.5. The van der Waals surface area contributed by atoms with Gasteiger partial charge in [-0.1, -0.05) is 61.1 Å². The summed E-state index contributed by atoms with van der Waals surface area (Å²) in [6.45, 7) is 2.18. The molecule has 0 bridgehead atoms. The first-order chi connectivity index (χ1) is 9.83. The van der Waals surface area contributed by atoms with E-state index in [1.807, 2.05) is 13.3 Å². The molecule has 0 saturated carbocycles. The first kappa shape index (κ1) is 14.5. The second kappa shape index (κ2) is 7.64. The van der Waals surface area contributed by atoms with E-state index in [4.69, 9.17) is 0 Å². The highest BCUT2D eigenvalue weighted by Gasteiger charge is 2.06. The van der Waals surface area contributed by atoms with Crippen molar-refractivity contribution in [1.29, 1.82) is 0 Å². The molecule has 0 heterocycles. The van der Waals surface area contributed by atoms with E-state index in [-0.39, 0.29) is 0 Å². The average Bonchev–Trinajstić information content (AvgIpc) is 2.52. The molecule has 0 radical (unpaired) electrons. The summed E-state index contributed by atoms with van der Waals surface area (Å²) in [4.78, 5) is 4.11. The predicted molar refractivity (Wildman–Crippen MR) is 89.1 cm³/mol. The Morgan fingerprint density at radius 1 is 1.25 bits per heavy atom. The topological polar surface area (TPSA) is 12.4 Å². The van der Waals surface area contributed by atoms with E-state index in [1.165, 1.54) is 28.7 Å². The van der Waals surface area contributed by atoms with Crippen LogP contribution in [0.15, 0.2) is 64.7 Å². The molecule has 0 aliphatic heterocycles. The standard InChI is InChI=1S/C19H23N/c1-3-16(15-20-2)12-13-17-8-7-11-19(14-17)18-9-5-4-6-10-18/h4-6,9-12,14-15H,3,7-8,13H2,1-2H3/b16-12-,20-15?. The normalized spacial score (nSPS) is 16.2. The van der Waals surface area contributed by atoms with Crippen LogP contribution in [0.4, 0.5) is 0 Å². The van der Waals surface area contributed by atoms with E-state index in [9.17, 15) is 0 Å². The van der Waals surface area contributed by atoms with Gasteiger partial charge in [-0.25, -0.2) is 0 Å². The molecule has 1 aromatic rings. The molecule has 1 heteroatoms. The molecule has 0 unspecified atom stereocenters. The molecule has 0 fully saturated rings. The van der Waals surface area contributed by atoms with Crippen molar-refractivity contribution in [2.45, 2.75) is 32.6 Å². The van der Waals surface area contributed by atoms with Gasteiger partial charge in [0.05, 0.1) is 0 Å². The van der Waals surface area contributed by atoms with Crippen molar-refractivity contribution in [2.75, 3.05) is 7.05 Å². The lowest BCUT2D eigenvalue weighted by molar-refractivity contribution is 0.925. The van der Waals surface area contributed by atoms with E-state index < -0.39 is 0 Å². The molecule has 1 aliphatic carbocycles. The van der Waals surface area contributed by atoms with Crippen LogP contribution >= 0.6 is 0 Å². The van der Waals surface area contributed by atoms with Crippen molar-refractivity contribution >= 4 is 11.8 Å². The van der Waals surface area contributed by atoms with Gasteiger partial charge in [0.1, 0.15) is 0 Å². The van der Waals surface area contributed by atoms with Crippen molar-refractivity contribution in [3.05, 3.63) is 65.3 Å².